The summed E-state index contributed by atoms with van der Waals surface area (Å²) in [4.78, 5) is 0. The third-order valence-corrected chi connectivity index (χ3v) is 2.86. The number of hydrogen-bond donors (Lipinski definition) is 1. The van der Waals surface area contributed by atoms with Gasteiger partial charge < -0.3 is 19.3 Å². The van der Waals surface area contributed by atoms with Crippen molar-refractivity contribution in [2.24, 2.45) is 0 Å². The third kappa shape index (κ3) is 3.43. The van der Waals surface area contributed by atoms with Gasteiger partial charge in [-0.05, 0) is 17.7 Å². The van der Waals surface area contributed by atoms with Gasteiger partial charge in [0.25, 0.3) is 0 Å². The summed E-state index contributed by atoms with van der Waals surface area (Å²) < 4.78 is 15.4. The SMILES string of the molecule is COCOc1cccc(CC2(O)CCOC2)c1. The van der Waals surface area contributed by atoms with E-state index in [1.807, 2.05) is 24.3 Å². The van der Waals surface area contributed by atoms with Crippen molar-refractivity contribution in [3.05, 3.63) is 29.8 Å². The van der Waals surface area contributed by atoms with E-state index in [0.717, 1.165) is 11.3 Å². The van der Waals surface area contributed by atoms with Crippen molar-refractivity contribution in [2.45, 2.75) is 18.4 Å². The van der Waals surface area contributed by atoms with E-state index in [4.69, 9.17) is 14.2 Å². The van der Waals surface area contributed by atoms with Crippen LogP contribution in [0.5, 0.6) is 5.75 Å². The predicted octanol–water partition coefficient (Wildman–Crippen LogP) is 1.36. The zero-order valence-corrected chi connectivity index (χ0v) is 10.0. The molecule has 1 aromatic rings. The molecule has 1 fully saturated rings. The first-order chi connectivity index (χ1) is 8.22. The van der Waals surface area contributed by atoms with Gasteiger partial charge in [0.05, 0.1) is 12.2 Å². The van der Waals surface area contributed by atoms with Gasteiger partial charge in [-0.1, -0.05) is 12.1 Å². The first kappa shape index (κ1) is 12.4. The maximum absolute atomic E-state index is 10.2. The molecule has 1 aliphatic rings. The second kappa shape index (κ2) is 5.49. The molecule has 0 bridgehead atoms. The number of methoxy groups -OCH3 is 1. The lowest BCUT2D eigenvalue weighted by Crippen LogP contribution is -2.31. The van der Waals surface area contributed by atoms with Crippen molar-refractivity contribution in [3.63, 3.8) is 0 Å². The maximum atomic E-state index is 10.2. The Balaban J connectivity index is 2.00. The summed E-state index contributed by atoms with van der Waals surface area (Å²) in [5, 5.41) is 10.2. The molecule has 0 aliphatic carbocycles. The van der Waals surface area contributed by atoms with Crippen LogP contribution in [-0.2, 0) is 15.9 Å². The molecule has 1 heterocycles. The van der Waals surface area contributed by atoms with Gasteiger partial charge >= 0.3 is 0 Å². The molecular formula is C13H18O4. The fourth-order valence-electron chi connectivity index (χ4n) is 1.99. The van der Waals surface area contributed by atoms with Crippen LogP contribution in [0.3, 0.4) is 0 Å². The molecule has 1 atom stereocenters. The number of rotatable bonds is 5. The van der Waals surface area contributed by atoms with Gasteiger partial charge in [0.1, 0.15) is 5.75 Å². The predicted molar refractivity (Wildman–Crippen MR) is 63.0 cm³/mol. The Kier molecular flexibility index (Phi) is 3.99. The van der Waals surface area contributed by atoms with Crippen LogP contribution >= 0.6 is 0 Å². The van der Waals surface area contributed by atoms with Crippen LogP contribution in [0.4, 0.5) is 0 Å². The second-order valence-electron chi connectivity index (χ2n) is 4.40. The molecule has 0 radical (unpaired) electrons. The van der Waals surface area contributed by atoms with E-state index in [9.17, 15) is 5.11 Å². The van der Waals surface area contributed by atoms with Crippen LogP contribution in [0.15, 0.2) is 24.3 Å². The molecule has 1 N–H and O–H groups in total. The molecular weight excluding hydrogens is 220 g/mol. The van der Waals surface area contributed by atoms with Crippen molar-refractivity contribution in [3.8, 4) is 5.75 Å². The maximum Gasteiger partial charge on any atom is 0.188 e. The molecule has 2 rings (SSSR count). The molecule has 94 valence electrons. The minimum atomic E-state index is -0.722. The van der Waals surface area contributed by atoms with Crippen molar-refractivity contribution < 1.29 is 19.3 Å². The molecule has 0 spiro atoms. The minimum Gasteiger partial charge on any atom is -0.468 e. The Labute approximate surface area is 101 Å². The number of aliphatic hydroxyl groups is 1. The molecule has 4 nitrogen and oxygen atoms in total. The van der Waals surface area contributed by atoms with E-state index in [-0.39, 0.29) is 6.79 Å². The lowest BCUT2D eigenvalue weighted by molar-refractivity contribution is 0.0268. The Morgan fingerprint density at radius 3 is 3.06 bits per heavy atom. The average molecular weight is 238 g/mol. The van der Waals surface area contributed by atoms with Gasteiger partial charge in [0.2, 0.25) is 0 Å². The topological polar surface area (TPSA) is 47.9 Å². The highest BCUT2D eigenvalue weighted by atomic mass is 16.7. The standard InChI is InChI=1S/C13H18O4/c1-15-10-17-12-4-2-3-11(7-12)8-13(14)5-6-16-9-13/h2-4,7,14H,5-6,8-10H2,1H3. The lowest BCUT2D eigenvalue weighted by Gasteiger charge is -2.20. The largest absolute Gasteiger partial charge is 0.468 e. The Morgan fingerprint density at radius 1 is 1.47 bits per heavy atom. The summed E-state index contributed by atoms with van der Waals surface area (Å²) in [7, 11) is 1.59. The van der Waals surface area contributed by atoms with Crippen LogP contribution in [0, 0.1) is 0 Å². The summed E-state index contributed by atoms with van der Waals surface area (Å²) in [5.41, 5.74) is 0.325. The van der Waals surface area contributed by atoms with E-state index < -0.39 is 5.60 Å². The van der Waals surface area contributed by atoms with Crippen LogP contribution in [0.25, 0.3) is 0 Å². The average Bonchev–Trinajstić information content (AvgIpc) is 2.73. The summed E-state index contributed by atoms with van der Waals surface area (Å²) in [6, 6.07) is 7.70. The normalized spacial score (nSPS) is 23.9. The quantitative estimate of drug-likeness (QED) is 0.787. The van der Waals surface area contributed by atoms with E-state index in [1.165, 1.54) is 0 Å². The fraction of sp³-hybridized carbons (Fsp3) is 0.538. The molecule has 0 amide bonds. The van der Waals surface area contributed by atoms with Gasteiger partial charge in [-0.15, -0.1) is 0 Å². The molecule has 1 aromatic carbocycles. The first-order valence-corrected chi connectivity index (χ1v) is 5.73. The zero-order valence-electron chi connectivity index (χ0n) is 10.0. The summed E-state index contributed by atoms with van der Waals surface area (Å²) in [5.74, 6) is 0.756. The lowest BCUT2D eigenvalue weighted by atomic mass is 9.94. The Morgan fingerprint density at radius 2 is 2.35 bits per heavy atom. The van der Waals surface area contributed by atoms with Crippen molar-refractivity contribution >= 4 is 0 Å². The summed E-state index contributed by atoms with van der Waals surface area (Å²) >= 11 is 0. The fourth-order valence-corrected chi connectivity index (χ4v) is 1.99. The molecule has 0 aromatic heterocycles. The van der Waals surface area contributed by atoms with Gasteiger partial charge in [-0.2, -0.15) is 0 Å². The van der Waals surface area contributed by atoms with Gasteiger partial charge in [0.15, 0.2) is 6.79 Å². The molecule has 1 saturated heterocycles. The van der Waals surface area contributed by atoms with Crippen molar-refractivity contribution in [1.82, 2.24) is 0 Å². The van der Waals surface area contributed by atoms with Crippen LogP contribution < -0.4 is 4.74 Å². The van der Waals surface area contributed by atoms with Crippen molar-refractivity contribution in [1.29, 1.82) is 0 Å². The number of benzene rings is 1. The molecule has 1 unspecified atom stereocenters. The number of ether oxygens (including phenoxy) is 3. The van der Waals surface area contributed by atoms with E-state index in [2.05, 4.69) is 0 Å². The highest BCUT2D eigenvalue weighted by Gasteiger charge is 2.32. The molecule has 4 heteroatoms. The zero-order chi connectivity index (χ0) is 12.1. The first-order valence-electron chi connectivity index (χ1n) is 5.73. The smallest absolute Gasteiger partial charge is 0.188 e. The van der Waals surface area contributed by atoms with Crippen LogP contribution in [0.2, 0.25) is 0 Å². The van der Waals surface area contributed by atoms with Gasteiger partial charge in [-0.3, -0.25) is 0 Å². The van der Waals surface area contributed by atoms with Gasteiger partial charge in [-0.25, -0.2) is 0 Å². The number of hydrogen-bond acceptors (Lipinski definition) is 4. The van der Waals surface area contributed by atoms with Crippen molar-refractivity contribution in [2.75, 3.05) is 27.1 Å². The highest BCUT2D eigenvalue weighted by Crippen LogP contribution is 2.25. The van der Waals surface area contributed by atoms with E-state index in [0.29, 0.717) is 26.1 Å². The Bertz CT molecular complexity index is 358. The Hall–Kier alpha value is -1.10. The summed E-state index contributed by atoms with van der Waals surface area (Å²) in [6.45, 7) is 1.28. The summed E-state index contributed by atoms with van der Waals surface area (Å²) in [6.07, 6.45) is 1.29. The second-order valence-corrected chi connectivity index (χ2v) is 4.40. The molecule has 0 saturated carbocycles. The third-order valence-electron chi connectivity index (χ3n) is 2.86. The van der Waals surface area contributed by atoms with E-state index >= 15 is 0 Å². The highest BCUT2D eigenvalue weighted by molar-refractivity contribution is 5.29. The molecule has 17 heavy (non-hydrogen) atoms. The minimum absolute atomic E-state index is 0.233. The van der Waals surface area contributed by atoms with Crippen LogP contribution in [-0.4, -0.2) is 37.8 Å². The monoisotopic (exact) mass is 238 g/mol. The van der Waals surface area contributed by atoms with Gasteiger partial charge in [0, 0.05) is 26.6 Å². The van der Waals surface area contributed by atoms with E-state index in [1.54, 1.807) is 7.11 Å². The van der Waals surface area contributed by atoms with Crippen LogP contribution in [0.1, 0.15) is 12.0 Å². The molecule has 1 aliphatic heterocycles.